The number of phenolic OH excluding ortho intramolecular Hbond substituents is 1. The highest BCUT2D eigenvalue weighted by molar-refractivity contribution is 8.16. The number of phenols is 1. The first-order chi connectivity index (χ1) is 15.8. The summed E-state index contributed by atoms with van der Waals surface area (Å²) >= 11 is 3.60. The van der Waals surface area contributed by atoms with Crippen LogP contribution in [-0.2, 0) is 0 Å². The fourth-order valence-electron chi connectivity index (χ4n) is 4.10. The zero-order valence-electron chi connectivity index (χ0n) is 18.0. The van der Waals surface area contributed by atoms with Crippen molar-refractivity contribution in [3.63, 3.8) is 0 Å². The van der Waals surface area contributed by atoms with Gasteiger partial charge in [-0.2, -0.15) is 0 Å². The quantitative estimate of drug-likeness (QED) is 0.428. The number of benzene rings is 3. The molecule has 1 N–H and O–H groups in total. The Morgan fingerprint density at radius 1 is 0.719 bits per heavy atom. The Labute approximate surface area is 198 Å². The minimum Gasteiger partial charge on any atom is -0.508 e. The van der Waals surface area contributed by atoms with Crippen LogP contribution in [0.1, 0.15) is 30.4 Å². The molecule has 2 aliphatic heterocycles. The fraction of sp³-hybridized carbons (Fsp3) is 0.259. The van der Waals surface area contributed by atoms with Crippen LogP contribution in [0.25, 0.3) is 9.81 Å². The second-order valence-electron chi connectivity index (χ2n) is 8.13. The Morgan fingerprint density at radius 2 is 1.28 bits per heavy atom. The van der Waals surface area contributed by atoms with Gasteiger partial charge in [-0.1, -0.05) is 66.3 Å². The topological polar surface area (TPSA) is 32.7 Å². The molecule has 5 rings (SSSR count). The summed E-state index contributed by atoms with van der Waals surface area (Å²) in [5.74, 6) is 1.21. The van der Waals surface area contributed by atoms with E-state index in [1.807, 2.05) is 23.9 Å². The summed E-state index contributed by atoms with van der Waals surface area (Å²) in [7, 11) is 0. The van der Waals surface area contributed by atoms with E-state index >= 15 is 0 Å². The van der Waals surface area contributed by atoms with Crippen LogP contribution in [0.4, 0.5) is 0 Å². The number of piperidine rings is 1. The molecule has 3 aromatic rings. The molecule has 0 saturated carbocycles. The van der Waals surface area contributed by atoms with Gasteiger partial charge in [0.1, 0.15) is 18.1 Å². The van der Waals surface area contributed by atoms with Crippen molar-refractivity contribution >= 4 is 33.3 Å². The molecule has 164 valence electrons. The van der Waals surface area contributed by atoms with Crippen molar-refractivity contribution in [1.82, 2.24) is 4.90 Å². The number of ether oxygens (including phenoxy) is 1. The fourth-order valence-corrected chi connectivity index (χ4v) is 6.60. The van der Waals surface area contributed by atoms with Crippen LogP contribution in [0.5, 0.6) is 11.5 Å². The van der Waals surface area contributed by atoms with Crippen LogP contribution in [0, 0.1) is 0 Å². The molecule has 0 amide bonds. The molecule has 3 aromatic carbocycles. The van der Waals surface area contributed by atoms with E-state index in [4.69, 9.17) is 4.74 Å². The molecule has 0 atom stereocenters. The Morgan fingerprint density at radius 3 is 1.88 bits per heavy atom. The lowest BCUT2D eigenvalue weighted by Crippen LogP contribution is -2.33. The van der Waals surface area contributed by atoms with Gasteiger partial charge >= 0.3 is 0 Å². The van der Waals surface area contributed by atoms with E-state index in [1.54, 1.807) is 23.9 Å². The van der Waals surface area contributed by atoms with E-state index in [2.05, 4.69) is 53.4 Å². The summed E-state index contributed by atoms with van der Waals surface area (Å²) in [6.07, 6.45) is 3.99. The van der Waals surface area contributed by atoms with Crippen molar-refractivity contribution in [2.24, 2.45) is 0 Å². The standard InChI is InChI=1S/C27H27NO2S2/c29-22-12-8-20(9-13-22)26-27(32-25-7-3-2-6-24(25)31-26)21-10-14-23(15-11-21)30-19-18-28-16-4-1-5-17-28/h2-3,6-15,29H,1,4-5,16-19H2. The number of fused-ring (bicyclic) bond motifs is 1. The normalized spacial score (nSPS) is 16.6. The summed E-state index contributed by atoms with van der Waals surface area (Å²) in [4.78, 5) is 7.49. The first-order valence-electron chi connectivity index (χ1n) is 11.2. The first kappa shape index (κ1) is 21.5. The van der Waals surface area contributed by atoms with Crippen LogP contribution in [0.15, 0.2) is 82.6 Å². The first-order valence-corrected chi connectivity index (χ1v) is 12.8. The summed E-state index contributed by atoms with van der Waals surface area (Å²) in [6.45, 7) is 4.14. The van der Waals surface area contributed by atoms with Crippen molar-refractivity contribution in [2.75, 3.05) is 26.2 Å². The predicted octanol–water partition coefficient (Wildman–Crippen LogP) is 6.98. The number of hydrogen-bond acceptors (Lipinski definition) is 5. The van der Waals surface area contributed by atoms with E-state index in [0.29, 0.717) is 0 Å². The minimum atomic E-state index is 0.288. The van der Waals surface area contributed by atoms with Crippen molar-refractivity contribution in [1.29, 1.82) is 0 Å². The smallest absolute Gasteiger partial charge is 0.119 e. The summed E-state index contributed by atoms with van der Waals surface area (Å²) in [5, 5.41) is 9.74. The maximum absolute atomic E-state index is 9.74. The number of hydrogen-bond donors (Lipinski definition) is 1. The Hall–Kier alpha value is -2.34. The monoisotopic (exact) mass is 461 g/mol. The third-order valence-electron chi connectivity index (χ3n) is 5.85. The third kappa shape index (κ3) is 5.01. The lowest BCUT2D eigenvalue weighted by Gasteiger charge is -2.26. The van der Waals surface area contributed by atoms with E-state index in [0.717, 1.165) is 24.5 Å². The predicted molar refractivity (Wildman–Crippen MR) is 135 cm³/mol. The molecule has 0 unspecified atom stereocenters. The molecule has 0 bridgehead atoms. The molecule has 5 heteroatoms. The average Bonchev–Trinajstić information content (AvgIpc) is 2.85. The Kier molecular flexibility index (Phi) is 6.77. The molecule has 3 nitrogen and oxygen atoms in total. The van der Waals surface area contributed by atoms with Gasteiger partial charge in [-0.25, -0.2) is 0 Å². The maximum atomic E-state index is 9.74. The van der Waals surface area contributed by atoms with Crippen LogP contribution in [0.2, 0.25) is 0 Å². The minimum absolute atomic E-state index is 0.288. The molecular weight excluding hydrogens is 434 g/mol. The molecule has 2 heterocycles. The largest absolute Gasteiger partial charge is 0.508 e. The van der Waals surface area contributed by atoms with Gasteiger partial charge < -0.3 is 9.84 Å². The molecule has 1 fully saturated rings. The van der Waals surface area contributed by atoms with E-state index in [9.17, 15) is 5.11 Å². The number of aromatic hydroxyl groups is 1. The SMILES string of the molecule is Oc1ccc(C2=C(c3ccc(OCCN4CCCCC4)cc3)Sc3ccccc3S2)cc1. The molecule has 2 aliphatic rings. The van der Waals surface area contributed by atoms with Crippen molar-refractivity contribution in [3.8, 4) is 11.5 Å². The molecule has 0 radical (unpaired) electrons. The molecule has 0 spiro atoms. The van der Waals surface area contributed by atoms with E-state index in [-0.39, 0.29) is 5.75 Å². The number of rotatable bonds is 6. The highest BCUT2D eigenvalue weighted by atomic mass is 32.2. The van der Waals surface area contributed by atoms with Crippen molar-refractivity contribution in [2.45, 2.75) is 29.1 Å². The number of thioether (sulfide) groups is 2. The van der Waals surface area contributed by atoms with Crippen LogP contribution in [0.3, 0.4) is 0 Å². The van der Waals surface area contributed by atoms with Crippen LogP contribution >= 0.6 is 23.5 Å². The third-order valence-corrected chi connectivity index (χ3v) is 8.55. The summed E-state index contributed by atoms with van der Waals surface area (Å²) in [5.41, 5.74) is 2.30. The van der Waals surface area contributed by atoms with Gasteiger partial charge in [0.25, 0.3) is 0 Å². The molecule has 32 heavy (non-hydrogen) atoms. The lowest BCUT2D eigenvalue weighted by molar-refractivity contribution is 0.183. The van der Waals surface area contributed by atoms with Gasteiger partial charge in [0.05, 0.1) is 0 Å². The number of nitrogens with zero attached hydrogens (tertiary/aromatic N) is 1. The number of likely N-dealkylation sites (tertiary alicyclic amines) is 1. The second-order valence-corrected chi connectivity index (χ2v) is 10.2. The second kappa shape index (κ2) is 10.1. The van der Waals surface area contributed by atoms with Crippen molar-refractivity contribution < 1.29 is 9.84 Å². The van der Waals surface area contributed by atoms with Crippen molar-refractivity contribution in [3.05, 3.63) is 83.9 Å². The van der Waals surface area contributed by atoms with Gasteiger partial charge in [-0.3, -0.25) is 4.90 Å². The van der Waals surface area contributed by atoms with Gasteiger partial charge in [-0.05, 0) is 73.5 Å². The maximum Gasteiger partial charge on any atom is 0.119 e. The van der Waals surface area contributed by atoms with Crippen LogP contribution in [-0.4, -0.2) is 36.2 Å². The van der Waals surface area contributed by atoms with Crippen LogP contribution < -0.4 is 4.74 Å². The lowest BCUT2D eigenvalue weighted by atomic mass is 10.1. The summed E-state index contributed by atoms with van der Waals surface area (Å²) < 4.78 is 6.03. The summed E-state index contributed by atoms with van der Waals surface area (Å²) in [6, 6.07) is 24.5. The molecule has 1 saturated heterocycles. The zero-order valence-corrected chi connectivity index (χ0v) is 19.6. The van der Waals surface area contributed by atoms with Gasteiger partial charge in [0.15, 0.2) is 0 Å². The zero-order chi connectivity index (χ0) is 21.8. The molecular formula is C27H27NO2S2. The average molecular weight is 462 g/mol. The van der Waals surface area contributed by atoms with Gasteiger partial charge in [-0.15, -0.1) is 0 Å². The van der Waals surface area contributed by atoms with Gasteiger partial charge in [0, 0.05) is 26.1 Å². The molecule has 0 aliphatic carbocycles. The van der Waals surface area contributed by atoms with E-state index < -0.39 is 0 Å². The Balaban J connectivity index is 1.36. The Bertz CT molecular complexity index is 1090. The van der Waals surface area contributed by atoms with E-state index in [1.165, 1.54) is 57.5 Å². The highest BCUT2D eigenvalue weighted by Crippen LogP contribution is 2.54. The highest BCUT2D eigenvalue weighted by Gasteiger charge is 2.22. The van der Waals surface area contributed by atoms with Gasteiger partial charge in [0.2, 0.25) is 0 Å². The molecule has 0 aromatic heterocycles.